The molecule has 1 aromatic rings. The van der Waals surface area contributed by atoms with E-state index in [2.05, 4.69) is 4.74 Å². The largest absolute Gasteiger partial charge is 0.465 e. The lowest BCUT2D eigenvalue weighted by Gasteiger charge is -2.03. The molecule has 0 saturated carbocycles. The van der Waals surface area contributed by atoms with Gasteiger partial charge < -0.3 is 4.74 Å². The molecule has 70 valence electrons. The van der Waals surface area contributed by atoms with E-state index < -0.39 is 12.1 Å². The number of hydrogen-bond donors (Lipinski definition) is 0. The predicted molar refractivity (Wildman–Crippen MR) is 47.3 cm³/mol. The topological polar surface area (TPSA) is 26.3 Å². The van der Waals surface area contributed by atoms with Gasteiger partial charge in [0.15, 0.2) is 0 Å². The molecule has 13 heavy (non-hydrogen) atoms. The van der Waals surface area contributed by atoms with Gasteiger partial charge in [0.25, 0.3) is 0 Å². The van der Waals surface area contributed by atoms with E-state index in [1.165, 1.54) is 20.1 Å². The van der Waals surface area contributed by atoms with Crippen LogP contribution < -0.4 is 0 Å². The Kier molecular flexibility index (Phi) is 3.01. The van der Waals surface area contributed by atoms with Crippen LogP contribution in [0.1, 0.15) is 29.0 Å². The molecule has 3 heteroatoms. The summed E-state index contributed by atoms with van der Waals surface area (Å²) in [5, 5.41) is 0. The molecule has 2 nitrogen and oxygen atoms in total. The van der Waals surface area contributed by atoms with Crippen molar-refractivity contribution in [2.45, 2.75) is 13.1 Å². The molecule has 1 rings (SSSR count). The number of carbonyl (C=O) groups excluding carboxylic acids is 1. The predicted octanol–water partition coefficient (Wildman–Crippen LogP) is 2.50. The summed E-state index contributed by atoms with van der Waals surface area (Å²) < 4.78 is 17.3. The van der Waals surface area contributed by atoms with Crippen LogP contribution in [0.5, 0.6) is 0 Å². The van der Waals surface area contributed by atoms with E-state index in [1.54, 1.807) is 18.2 Å². The fourth-order valence-corrected chi connectivity index (χ4v) is 1.03. The summed E-state index contributed by atoms with van der Waals surface area (Å²) in [5.74, 6) is -0.442. The first kappa shape index (κ1) is 9.71. The number of rotatable bonds is 2. The maximum Gasteiger partial charge on any atom is 0.337 e. The highest BCUT2D eigenvalue weighted by atomic mass is 19.1. The molecule has 0 aromatic heterocycles. The summed E-state index contributed by atoms with van der Waals surface area (Å²) >= 11 is 0. The fourth-order valence-electron chi connectivity index (χ4n) is 1.03. The van der Waals surface area contributed by atoms with E-state index in [9.17, 15) is 9.18 Å². The fraction of sp³-hybridized carbons (Fsp3) is 0.300. The monoisotopic (exact) mass is 182 g/mol. The number of esters is 1. The van der Waals surface area contributed by atoms with Crippen LogP contribution in [0.25, 0.3) is 0 Å². The van der Waals surface area contributed by atoms with E-state index in [0.29, 0.717) is 11.1 Å². The van der Waals surface area contributed by atoms with Crippen LogP contribution in [0.2, 0.25) is 0 Å². The second kappa shape index (κ2) is 4.03. The van der Waals surface area contributed by atoms with Crippen molar-refractivity contribution in [1.29, 1.82) is 0 Å². The molecule has 0 amide bonds. The van der Waals surface area contributed by atoms with Gasteiger partial charge in [-0.25, -0.2) is 9.18 Å². The van der Waals surface area contributed by atoms with Gasteiger partial charge in [0, 0.05) is 0 Å². The van der Waals surface area contributed by atoms with Gasteiger partial charge in [0.05, 0.1) is 12.7 Å². The van der Waals surface area contributed by atoms with E-state index in [0.717, 1.165) is 0 Å². The van der Waals surface area contributed by atoms with Gasteiger partial charge >= 0.3 is 5.97 Å². The molecule has 0 aliphatic heterocycles. The zero-order valence-electron chi connectivity index (χ0n) is 7.58. The Labute approximate surface area is 76.3 Å². The maximum absolute atomic E-state index is 12.8. The lowest BCUT2D eigenvalue weighted by Crippen LogP contribution is -2.01. The third-order valence-corrected chi connectivity index (χ3v) is 1.77. The third kappa shape index (κ3) is 2.28. The van der Waals surface area contributed by atoms with Crippen LogP contribution in [-0.4, -0.2) is 13.1 Å². The first-order valence-electron chi connectivity index (χ1n) is 3.97. The van der Waals surface area contributed by atoms with E-state index >= 15 is 0 Å². The smallest absolute Gasteiger partial charge is 0.337 e. The van der Waals surface area contributed by atoms with Gasteiger partial charge in [-0.05, 0) is 24.6 Å². The van der Waals surface area contributed by atoms with Crippen molar-refractivity contribution in [3.05, 3.63) is 35.4 Å². The van der Waals surface area contributed by atoms with Crippen molar-refractivity contribution in [3.8, 4) is 0 Å². The van der Waals surface area contributed by atoms with Gasteiger partial charge in [-0.3, -0.25) is 0 Å². The van der Waals surface area contributed by atoms with Crippen molar-refractivity contribution in [2.24, 2.45) is 0 Å². The van der Waals surface area contributed by atoms with Gasteiger partial charge in [-0.2, -0.15) is 0 Å². The summed E-state index contributed by atoms with van der Waals surface area (Å²) in [6, 6.07) is 6.36. The van der Waals surface area contributed by atoms with E-state index in [4.69, 9.17) is 0 Å². The van der Waals surface area contributed by atoms with Crippen molar-refractivity contribution in [1.82, 2.24) is 0 Å². The maximum atomic E-state index is 12.8. The van der Waals surface area contributed by atoms with Gasteiger partial charge in [-0.15, -0.1) is 0 Å². The Bertz CT molecular complexity index is 308. The molecule has 0 aliphatic rings. The Morgan fingerprint density at radius 2 is 2.23 bits per heavy atom. The average Bonchev–Trinajstić information content (AvgIpc) is 2.17. The van der Waals surface area contributed by atoms with Crippen LogP contribution in [-0.2, 0) is 4.74 Å². The van der Waals surface area contributed by atoms with Crippen LogP contribution in [0.3, 0.4) is 0 Å². The Morgan fingerprint density at radius 1 is 1.54 bits per heavy atom. The minimum Gasteiger partial charge on any atom is -0.465 e. The summed E-state index contributed by atoms with van der Waals surface area (Å²) in [5.41, 5.74) is 0.868. The number of ether oxygens (including phenoxy) is 1. The molecule has 0 spiro atoms. The third-order valence-electron chi connectivity index (χ3n) is 1.77. The molecule has 1 aromatic carbocycles. The first-order chi connectivity index (χ1) is 6.15. The van der Waals surface area contributed by atoms with Crippen molar-refractivity contribution >= 4 is 5.97 Å². The second-order valence-electron chi connectivity index (χ2n) is 2.73. The highest BCUT2D eigenvalue weighted by Gasteiger charge is 2.08. The lowest BCUT2D eigenvalue weighted by atomic mass is 10.1. The van der Waals surface area contributed by atoms with Crippen LogP contribution in [0.15, 0.2) is 24.3 Å². The molecule has 0 heterocycles. The number of carbonyl (C=O) groups is 1. The number of methoxy groups -OCH3 is 1. The minimum absolute atomic E-state index is 0.379. The zero-order valence-corrected chi connectivity index (χ0v) is 7.58. The van der Waals surface area contributed by atoms with Crippen LogP contribution in [0.4, 0.5) is 4.39 Å². The van der Waals surface area contributed by atoms with Crippen LogP contribution >= 0.6 is 0 Å². The Morgan fingerprint density at radius 3 is 2.77 bits per heavy atom. The molecule has 0 bridgehead atoms. The van der Waals surface area contributed by atoms with Gasteiger partial charge in [0.1, 0.15) is 6.17 Å². The standard InChI is InChI=1S/C10H11FO2/c1-7(11)8-4-3-5-9(6-8)10(12)13-2/h3-7H,1-2H3. The molecular weight excluding hydrogens is 171 g/mol. The molecule has 0 radical (unpaired) electrons. The molecule has 1 atom stereocenters. The van der Waals surface area contributed by atoms with Crippen molar-refractivity contribution in [3.63, 3.8) is 0 Å². The summed E-state index contributed by atoms with van der Waals surface area (Å²) in [7, 11) is 1.30. The Balaban J connectivity index is 2.98. The molecular formula is C10H11FO2. The second-order valence-corrected chi connectivity index (χ2v) is 2.73. The van der Waals surface area contributed by atoms with Gasteiger partial charge in [-0.1, -0.05) is 12.1 Å². The first-order valence-corrected chi connectivity index (χ1v) is 3.97. The molecule has 0 N–H and O–H groups in total. The highest BCUT2D eigenvalue weighted by Crippen LogP contribution is 2.17. The molecule has 0 aliphatic carbocycles. The average molecular weight is 182 g/mol. The van der Waals surface area contributed by atoms with Crippen molar-refractivity contribution in [2.75, 3.05) is 7.11 Å². The summed E-state index contributed by atoms with van der Waals surface area (Å²) in [6.07, 6.45) is -1.07. The molecule has 1 unspecified atom stereocenters. The van der Waals surface area contributed by atoms with Gasteiger partial charge in [0.2, 0.25) is 0 Å². The number of hydrogen-bond acceptors (Lipinski definition) is 2. The normalized spacial score (nSPS) is 12.2. The van der Waals surface area contributed by atoms with E-state index in [-0.39, 0.29) is 0 Å². The lowest BCUT2D eigenvalue weighted by molar-refractivity contribution is 0.0600. The minimum atomic E-state index is -1.07. The quantitative estimate of drug-likeness (QED) is 0.657. The van der Waals surface area contributed by atoms with Crippen molar-refractivity contribution < 1.29 is 13.9 Å². The number of benzene rings is 1. The highest BCUT2D eigenvalue weighted by molar-refractivity contribution is 5.89. The summed E-state index contributed by atoms with van der Waals surface area (Å²) in [4.78, 5) is 11.0. The van der Waals surface area contributed by atoms with E-state index in [1.807, 2.05) is 0 Å². The molecule has 0 saturated heterocycles. The SMILES string of the molecule is COC(=O)c1cccc(C(C)F)c1. The summed E-state index contributed by atoms with van der Waals surface area (Å²) in [6.45, 7) is 1.43. The molecule has 0 fully saturated rings. The number of halogens is 1. The zero-order chi connectivity index (χ0) is 9.84. The number of alkyl halides is 1. The van der Waals surface area contributed by atoms with Crippen LogP contribution in [0, 0.1) is 0 Å². The Hall–Kier alpha value is -1.38.